The first kappa shape index (κ1) is 25.2. The van der Waals surface area contributed by atoms with Gasteiger partial charge >= 0.3 is 6.03 Å². The molecule has 3 aromatic rings. The molecule has 1 fully saturated rings. The van der Waals surface area contributed by atoms with E-state index in [-0.39, 0.29) is 12.1 Å². The number of hydrogen-bond donors (Lipinski definition) is 3. The van der Waals surface area contributed by atoms with E-state index < -0.39 is 0 Å². The number of ether oxygens (including phenoxy) is 3. The van der Waals surface area contributed by atoms with Crippen molar-refractivity contribution in [2.45, 2.75) is 37.8 Å². The molecule has 9 nitrogen and oxygen atoms in total. The van der Waals surface area contributed by atoms with Crippen LogP contribution in [0.1, 0.15) is 25.7 Å². The highest BCUT2D eigenvalue weighted by Gasteiger charge is 2.23. The van der Waals surface area contributed by atoms with Crippen molar-refractivity contribution in [2.75, 3.05) is 51.0 Å². The highest BCUT2D eigenvalue weighted by molar-refractivity contribution is 5.93. The lowest BCUT2D eigenvalue weighted by molar-refractivity contribution is 0.243. The van der Waals surface area contributed by atoms with E-state index in [2.05, 4.69) is 33.0 Å². The lowest BCUT2D eigenvalue weighted by Gasteiger charge is -2.30. The Balaban J connectivity index is 1.33. The third kappa shape index (κ3) is 5.67. The third-order valence-corrected chi connectivity index (χ3v) is 6.51. The summed E-state index contributed by atoms with van der Waals surface area (Å²) in [5, 5.41) is 10.7. The second-order valence-corrected chi connectivity index (χ2v) is 9.14. The van der Waals surface area contributed by atoms with Gasteiger partial charge < -0.3 is 35.1 Å². The van der Waals surface area contributed by atoms with Crippen LogP contribution in [0.2, 0.25) is 0 Å². The quantitative estimate of drug-likeness (QED) is 0.412. The number of rotatable bonds is 8. The number of nitrogens with one attached hydrogen (secondary N) is 3. The summed E-state index contributed by atoms with van der Waals surface area (Å²) < 4.78 is 16.1. The summed E-state index contributed by atoms with van der Waals surface area (Å²) in [6.07, 6.45) is 3.66. The van der Waals surface area contributed by atoms with E-state index in [9.17, 15) is 4.79 Å². The zero-order valence-electron chi connectivity index (χ0n) is 21.6. The van der Waals surface area contributed by atoms with Gasteiger partial charge in [0.15, 0.2) is 11.5 Å². The summed E-state index contributed by atoms with van der Waals surface area (Å²) in [4.78, 5) is 19.6. The molecule has 0 unspecified atom stereocenters. The van der Waals surface area contributed by atoms with Crippen LogP contribution in [0.5, 0.6) is 17.2 Å². The van der Waals surface area contributed by atoms with Crippen LogP contribution in [0.25, 0.3) is 10.9 Å². The molecule has 4 rings (SSSR count). The molecule has 0 bridgehead atoms. The molecule has 1 heterocycles. The number of methoxy groups -OCH3 is 3. The van der Waals surface area contributed by atoms with Gasteiger partial charge in [-0.15, -0.1) is 0 Å². The molecular formula is C27H35N5O4. The fraction of sp³-hybridized carbons (Fsp3) is 0.407. The maximum absolute atomic E-state index is 12.7. The summed E-state index contributed by atoms with van der Waals surface area (Å²) in [6.45, 7) is 0. The summed E-state index contributed by atoms with van der Waals surface area (Å²) in [7, 11) is 8.73. The van der Waals surface area contributed by atoms with Crippen molar-refractivity contribution < 1.29 is 19.0 Å². The number of fused-ring (bicyclic) bond motifs is 1. The maximum atomic E-state index is 12.7. The molecule has 36 heavy (non-hydrogen) atoms. The second-order valence-electron chi connectivity index (χ2n) is 9.14. The Kier molecular flexibility index (Phi) is 7.87. The number of pyridine rings is 1. The fourth-order valence-electron chi connectivity index (χ4n) is 4.70. The van der Waals surface area contributed by atoms with Gasteiger partial charge in [-0.05, 0) is 31.7 Å². The number of anilines is 3. The van der Waals surface area contributed by atoms with Crippen LogP contribution in [0.3, 0.4) is 0 Å². The Labute approximate surface area is 212 Å². The van der Waals surface area contributed by atoms with Gasteiger partial charge in [0, 0.05) is 55.5 Å². The van der Waals surface area contributed by atoms with E-state index in [0.717, 1.165) is 48.1 Å². The number of urea groups is 1. The predicted octanol–water partition coefficient (Wildman–Crippen LogP) is 4.87. The molecule has 1 aliphatic rings. The van der Waals surface area contributed by atoms with Gasteiger partial charge in [-0.1, -0.05) is 18.2 Å². The van der Waals surface area contributed by atoms with Crippen molar-refractivity contribution in [1.82, 2.24) is 10.3 Å². The van der Waals surface area contributed by atoms with Crippen LogP contribution in [-0.4, -0.2) is 58.5 Å². The van der Waals surface area contributed by atoms with E-state index in [4.69, 9.17) is 19.2 Å². The minimum absolute atomic E-state index is 0.104. The average molecular weight is 494 g/mol. The summed E-state index contributed by atoms with van der Waals surface area (Å²) in [6, 6.07) is 13.9. The van der Waals surface area contributed by atoms with Crippen LogP contribution in [0.4, 0.5) is 22.0 Å². The van der Waals surface area contributed by atoms with Crippen molar-refractivity contribution in [3.63, 3.8) is 0 Å². The zero-order chi connectivity index (χ0) is 25.7. The van der Waals surface area contributed by atoms with Gasteiger partial charge in [-0.2, -0.15) is 0 Å². The molecular weight excluding hydrogens is 458 g/mol. The van der Waals surface area contributed by atoms with Crippen molar-refractivity contribution in [3.05, 3.63) is 42.5 Å². The number of para-hydroxylation sites is 1. The van der Waals surface area contributed by atoms with Crippen molar-refractivity contribution in [3.8, 4) is 17.2 Å². The predicted molar refractivity (Wildman–Crippen MR) is 144 cm³/mol. The van der Waals surface area contributed by atoms with Gasteiger partial charge in [-0.25, -0.2) is 9.78 Å². The molecule has 1 saturated carbocycles. The molecule has 9 heteroatoms. The minimum atomic E-state index is -0.257. The topological polar surface area (TPSA) is 97.0 Å². The van der Waals surface area contributed by atoms with Gasteiger partial charge in [0.25, 0.3) is 0 Å². The molecule has 2 aromatic carbocycles. The molecule has 0 saturated heterocycles. The molecule has 1 aromatic heterocycles. The highest BCUT2D eigenvalue weighted by atomic mass is 16.5. The molecule has 0 aliphatic heterocycles. The number of amides is 2. The molecule has 1 aliphatic carbocycles. The van der Waals surface area contributed by atoms with Gasteiger partial charge in [-0.3, -0.25) is 0 Å². The number of carbonyl (C=O) groups excluding carboxylic acids is 1. The Hall–Kier alpha value is -3.88. The Morgan fingerprint density at radius 1 is 0.917 bits per heavy atom. The van der Waals surface area contributed by atoms with Crippen LogP contribution in [-0.2, 0) is 0 Å². The normalized spacial score (nSPS) is 17.2. The molecule has 2 amide bonds. The average Bonchev–Trinajstić information content (AvgIpc) is 2.88. The lowest BCUT2D eigenvalue weighted by atomic mass is 9.91. The zero-order valence-corrected chi connectivity index (χ0v) is 21.6. The van der Waals surface area contributed by atoms with Crippen molar-refractivity contribution >= 4 is 34.1 Å². The molecule has 0 radical (unpaired) electrons. The molecule has 0 spiro atoms. The molecule has 3 N–H and O–H groups in total. The first-order valence-electron chi connectivity index (χ1n) is 12.1. The van der Waals surface area contributed by atoms with E-state index in [1.54, 1.807) is 33.5 Å². The van der Waals surface area contributed by atoms with Gasteiger partial charge in [0.2, 0.25) is 5.75 Å². The molecule has 192 valence electrons. The van der Waals surface area contributed by atoms with E-state index in [1.165, 1.54) is 0 Å². The van der Waals surface area contributed by atoms with Crippen LogP contribution in [0.15, 0.2) is 42.5 Å². The number of nitrogens with zero attached hydrogens (tertiary/aromatic N) is 2. The largest absolute Gasteiger partial charge is 0.493 e. The van der Waals surface area contributed by atoms with Crippen LogP contribution < -0.4 is 35.1 Å². The molecule has 0 atom stereocenters. The third-order valence-electron chi connectivity index (χ3n) is 6.51. The van der Waals surface area contributed by atoms with E-state index >= 15 is 0 Å². The Bertz CT molecular complexity index is 1180. The van der Waals surface area contributed by atoms with Gasteiger partial charge in [0.1, 0.15) is 5.82 Å². The van der Waals surface area contributed by atoms with E-state index in [0.29, 0.717) is 29.0 Å². The minimum Gasteiger partial charge on any atom is -0.493 e. The maximum Gasteiger partial charge on any atom is 0.319 e. The summed E-state index contributed by atoms with van der Waals surface area (Å²) in [5.74, 6) is 2.33. The highest BCUT2D eigenvalue weighted by Crippen LogP contribution is 2.40. The fourth-order valence-corrected chi connectivity index (χ4v) is 4.70. The number of benzene rings is 2. The monoisotopic (exact) mass is 493 g/mol. The van der Waals surface area contributed by atoms with E-state index in [1.807, 2.05) is 32.3 Å². The smallest absolute Gasteiger partial charge is 0.319 e. The van der Waals surface area contributed by atoms with Gasteiger partial charge in [0.05, 0.1) is 32.5 Å². The summed E-state index contributed by atoms with van der Waals surface area (Å²) >= 11 is 0. The Morgan fingerprint density at radius 2 is 1.56 bits per heavy atom. The van der Waals surface area contributed by atoms with Crippen LogP contribution in [0, 0.1) is 0 Å². The number of aromatic nitrogens is 1. The Morgan fingerprint density at radius 3 is 2.17 bits per heavy atom. The van der Waals surface area contributed by atoms with Crippen LogP contribution >= 0.6 is 0 Å². The number of carbonyl (C=O) groups is 1. The lowest BCUT2D eigenvalue weighted by Crippen LogP contribution is -2.42. The SMILES string of the molecule is COc1cc(NC(=O)N[C@H]2CC[C@@H](Nc3cc(N(C)C)c4ccccc4n3)CC2)cc(OC)c1OC. The van der Waals surface area contributed by atoms with Crippen molar-refractivity contribution in [1.29, 1.82) is 0 Å². The first-order chi connectivity index (χ1) is 17.4. The summed E-state index contributed by atoms with van der Waals surface area (Å²) in [5.41, 5.74) is 2.68. The first-order valence-corrected chi connectivity index (χ1v) is 12.1. The second kappa shape index (κ2) is 11.2. The van der Waals surface area contributed by atoms with Crippen molar-refractivity contribution in [2.24, 2.45) is 0 Å². The number of hydrogen-bond acceptors (Lipinski definition) is 7. The standard InChI is InChI=1S/C27H35N5O4/c1-32(2)22-16-25(31-21-9-7-6-8-20(21)22)28-17-10-12-18(13-11-17)29-27(33)30-19-14-23(34-3)26(36-5)24(15-19)35-4/h6-9,14-18H,10-13H2,1-5H3,(H,28,31)(H2,29,30,33)/t17-,18+.